The van der Waals surface area contributed by atoms with Gasteiger partial charge in [-0.15, -0.1) is 0 Å². The van der Waals surface area contributed by atoms with Gasteiger partial charge in [0, 0.05) is 18.6 Å². The molecule has 0 aromatic rings. The average Bonchev–Trinajstić information content (AvgIpc) is 2.42. The van der Waals surface area contributed by atoms with Crippen LogP contribution in [-0.4, -0.2) is 18.6 Å². The van der Waals surface area contributed by atoms with Crippen molar-refractivity contribution in [2.24, 2.45) is 11.7 Å². The van der Waals surface area contributed by atoms with Crippen molar-refractivity contribution >= 4 is 0 Å². The molecule has 2 aliphatic rings. The van der Waals surface area contributed by atoms with E-state index in [4.69, 9.17) is 5.73 Å². The SMILES string of the molecule is NC[C@@H]1CC2CCCC2N1. The highest BCUT2D eigenvalue weighted by atomic mass is 15.0. The van der Waals surface area contributed by atoms with Gasteiger partial charge in [-0.05, 0) is 25.2 Å². The molecule has 0 spiro atoms. The molecule has 2 rings (SSSR count). The van der Waals surface area contributed by atoms with Gasteiger partial charge in [-0.2, -0.15) is 0 Å². The van der Waals surface area contributed by atoms with Crippen LogP contribution in [0.15, 0.2) is 0 Å². The third kappa shape index (κ3) is 0.956. The Hall–Kier alpha value is -0.0800. The van der Waals surface area contributed by atoms with Crippen molar-refractivity contribution in [3.8, 4) is 0 Å². The molecule has 2 nitrogen and oxygen atoms in total. The van der Waals surface area contributed by atoms with Crippen molar-refractivity contribution in [2.45, 2.75) is 37.8 Å². The molecule has 1 aliphatic carbocycles. The highest BCUT2D eigenvalue weighted by Gasteiger charge is 2.35. The zero-order valence-electron chi connectivity index (χ0n) is 6.34. The fraction of sp³-hybridized carbons (Fsp3) is 1.00. The summed E-state index contributed by atoms with van der Waals surface area (Å²) in [6.45, 7) is 0.826. The molecule has 1 saturated carbocycles. The molecule has 1 heterocycles. The lowest BCUT2D eigenvalue weighted by atomic mass is 10.0. The van der Waals surface area contributed by atoms with Gasteiger partial charge >= 0.3 is 0 Å². The molecule has 0 bridgehead atoms. The van der Waals surface area contributed by atoms with E-state index >= 15 is 0 Å². The van der Waals surface area contributed by atoms with Crippen molar-refractivity contribution in [3.05, 3.63) is 0 Å². The summed E-state index contributed by atoms with van der Waals surface area (Å²) in [5.74, 6) is 0.966. The van der Waals surface area contributed by atoms with Crippen LogP contribution in [0.25, 0.3) is 0 Å². The van der Waals surface area contributed by atoms with Gasteiger partial charge in [-0.1, -0.05) is 6.42 Å². The minimum atomic E-state index is 0.635. The largest absolute Gasteiger partial charge is 0.329 e. The van der Waals surface area contributed by atoms with Crippen molar-refractivity contribution in [3.63, 3.8) is 0 Å². The van der Waals surface area contributed by atoms with E-state index in [-0.39, 0.29) is 0 Å². The zero-order chi connectivity index (χ0) is 6.97. The minimum Gasteiger partial charge on any atom is -0.329 e. The molecular weight excluding hydrogens is 124 g/mol. The third-order valence-corrected chi connectivity index (χ3v) is 2.98. The molecular formula is C8H16N2. The van der Waals surface area contributed by atoms with Crippen LogP contribution < -0.4 is 11.1 Å². The normalized spacial score (nSPS) is 45.9. The molecule has 0 aromatic heterocycles. The van der Waals surface area contributed by atoms with E-state index < -0.39 is 0 Å². The van der Waals surface area contributed by atoms with Crippen LogP contribution in [0.2, 0.25) is 0 Å². The summed E-state index contributed by atoms with van der Waals surface area (Å²) in [6, 6.07) is 1.46. The van der Waals surface area contributed by atoms with Gasteiger partial charge < -0.3 is 11.1 Å². The van der Waals surface area contributed by atoms with E-state index in [9.17, 15) is 0 Å². The summed E-state index contributed by atoms with van der Waals surface area (Å²) in [5.41, 5.74) is 5.57. The summed E-state index contributed by atoms with van der Waals surface area (Å²) in [6.07, 6.45) is 5.59. The molecule has 3 atom stereocenters. The fourth-order valence-electron chi connectivity index (χ4n) is 2.44. The third-order valence-electron chi connectivity index (χ3n) is 2.98. The highest BCUT2D eigenvalue weighted by Crippen LogP contribution is 2.34. The van der Waals surface area contributed by atoms with Crippen LogP contribution >= 0.6 is 0 Å². The Morgan fingerprint density at radius 3 is 3.00 bits per heavy atom. The quantitative estimate of drug-likeness (QED) is 0.556. The molecule has 2 fully saturated rings. The Bertz CT molecular complexity index is 112. The van der Waals surface area contributed by atoms with E-state index in [0.29, 0.717) is 6.04 Å². The summed E-state index contributed by atoms with van der Waals surface area (Å²) < 4.78 is 0. The van der Waals surface area contributed by atoms with Gasteiger partial charge in [0.15, 0.2) is 0 Å². The van der Waals surface area contributed by atoms with E-state index in [1.165, 1.54) is 25.7 Å². The van der Waals surface area contributed by atoms with E-state index in [1.54, 1.807) is 0 Å². The number of hydrogen-bond acceptors (Lipinski definition) is 2. The number of rotatable bonds is 1. The van der Waals surface area contributed by atoms with E-state index in [0.717, 1.165) is 18.5 Å². The van der Waals surface area contributed by atoms with E-state index in [1.807, 2.05) is 0 Å². The van der Waals surface area contributed by atoms with Crippen LogP contribution in [0.3, 0.4) is 0 Å². The Morgan fingerprint density at radius 1 is 1.40 bits per heavy atom. The van der Waals surface area contributed by atoms with Crippen LogP contribution in [0.5, 0.6) is 0 Å². The average molecular weight is 140 g/mol. The fourth-order valence-corrected chi connectivity index (χ4v) is 2.44. The maximum absolute atomic E-state index is 5.57. The van der Waals surface area contributed by atoms with Crippen molar-refractivity contribution in [1.82, 2.24) is 5.32 Å². The van der Waals surface area contributed by atoms with E-state index in [2.05, 4.69) is 5.32 Å². The van der Waals surface area contributed by atoms with Crippen LogP contribution in [0.1, 0.15) is 25.7 Å². The van der Waals surface area contributed by atoms with Crippen molar-refractivity contribution in [1.29, 1.82) is 0 Å². The topological polar surface area (TPSA) is 38.0 Å². The van der Waals surface area contributed by atoms with Gasteiger partial charge in [0.05, 0.1) is 0 Å². The van der Waals surface area contributed by atoms with Crippen molar-refractivity contribution < 1.29 is 0 Å². The molecule has 0 radical (unpaired) electrons. The summed E-state index contributed by atoms with van der Waals surface area (Å²) in [5, 5.41) is 3.58. The second-order valence-electron chi connectivity index (χ2n) is 3.63. The number of nitrogens with two attached hydrogens (primary N) is 1. The van der Waals surface area contributed by atoms with Gasteiger partial charge in [0.25, 0.3) is 0 Å². The molecule has 2 unspecified atom stereocenters. The van der Waals surface area contributed by atoms with Crippen LogP contribution in [0, 0.1) is 5.92 Å². The Labute approximate surface area is 62.2 Å². The molecule has 1 saturated heterocycles. The lowest BCUT2D eigenvalue weighted by molar-refractivity contribution is 0.516. The minimum absolute atomic E-state index is 0.635. The second kappa shape index (κ2) is 2.51. The first kappa shape index (κ1) is 6.62. The number of nitrogens with one attached hydrogen (secondary N) is 1. The first-order valence-corrected chi connectivity index (χ1v) is 4.36. The summed E-state index contributed by atoms with van der Waals surface area (Å²) in [4.78, 5) is 0. The predicted molar refractivity (Wildman–Crippen MR) is 41.7 cm³/mol. The lowest BCUT2D eigenvalue weighted by Gasteiger charge is -2.09. The zero-order valence-corrected chi connectivity index (χ0v) is 6.34. The lowest BCUT2D eigenvalue weighted by Crippen LogP contribution is -2.34. The van der Waals surface area contributed by atoms with Gasteiger partial charge in [-0.3, -0.25) is 0 Å². The Balaban J connectivity index is 1.94. The first-order chi connectivity index (χ1) is 4.90. The molecule has 3 N–H and O–H groups in total. The van der Waals surface area contributed by atoms with Gasteiger partial charge in [-0.25, -0.2) is 0 Å². The molecule has 0 aromatic carbocycles. The number of fused-ring (bicyclic) bond motifs is 1. The first-order valence-electron chi connectivity index (χ1n) is 4.36. The highest BCUT2D eigenvalue weighted by molar-refractivity contribution is 4.94. The Morgan fingerprint density at radius 2 is 2.30 bits per heavy atom. The van der Waals surface area contributed by atoms with Gasteiger partial charge in [0.2, 0.25) is 0 Å². The molecule has 58 valence electrons. The smallest absolute Gasteiger partial charge is 0.0196 e. The molecule has 1 aliphatic heterocycles. The van der Waals surface area contributed by atoms with Crippen LogP contribution in [-0.2, 0) is 0 Å². The summed E-state index contributed by atoms with van der Waals surface area (Å²) >= 11 is 0. The van der Waals surface area contributed by atoms with Crippen LogP contribution in [0.4, 0.5) is 0 Å². The molecule has 10 heavy (non-hydrogen) atoms. The maximum atomic E-state index is 5.57. The second-order valence-corrected chi connectivity index (χ2v) is 3.63. The Kier molecular flexibility index (Phi) is 1.66. The molecule has 0 amide bonds. The number of hydrogen-bond donors (Lipinski definition) is 2. The monoisotopic (exact) mass is 140 g/mol. The molecule has 2 heteroatoms. The van der Waals surface area contributed by atoms with Crippen molar-refractivity contribution in [2.75, 3.05) is 6.54 Å². The standard InChI is InChI=1S/C8H16N2/c9-5-7-4-6-2-1-3-8(6)10-7/h6-8,10H,1-5,9H2/t6?,7-,8?/m0/s1. The summed E-state index contributed by atoms with van der Waals surface area (Å²) in [7, 11) is 0. The maximum Gasteiger partial charge on any atom is 0.0196 e. The predicted octanol–water partition coefficient (Wildman–Crippen LogP) is 0.476. The van der Waals surface area contributed by atoms with Gasteiger partial charge in [0.1, 0.15) is 0 Å².